The van der Waals surface area contributed by atoms with E-state index in [1.54, 1.807) is 23.1 Å². The number of thiazole rings is 1. The van der Waals surface area contributed by atoms with E-state index in [2.05, 4.69) is 4.98 Å². The van der Waals surface area contributed by atoms with Crippen LogP contribution in [0.25, 0.3) is 0 Å². The van der Waals surface area contributed by atoms with Crippen LogP contribution in [0.2, 0.25) is 0 Å². The molecule has 3 nitrogen and oxygen atoms in total. The number of hydrogen-bond acceptors (Lipinski definition) is 4. The van der Waals surface area contributed by atoms with E-state index in [0.717, 1.165) is 35.7 Å². The third-order valence-corrected chi connectivity index (χ3v) is 4.44. The van der Waals surface area contributed by atoms with Crippen molar-refractivity contribution < 1.29 is 9.90 Å². The van der Waals surface area contributed by atoms with E-state index in [-0.39, 0.29) is 5.92 Å². The van der Waals surface area contributed by atoms with Gasteiger partial charge in [-0.3, -0.25) is 4.79 Å². The highest BCUT2D eigenvalue weighted by molar-refractivity contribution is 7.97. The Kier molecular flexibility index (Phi) is 3.31. The molecule has 1 heterocycles. The molecule has 1 N–H and O–H groups in total. The number of aryl methyl sites for hydroxylation is 1. The fraction of sp³-hybridized carbons (Fsp3) is 0.600. The van der Waals surface area contributed by atoms with Gasteiger partial charge in [-0.2, -0.15) is 11.8 Å². The molecule has 0 aliphatic heterocycles. The third-order valence-electron chi connectivity index (χ3n) is 2.56. The first kappa shape index (κ1) is 11.0. The summed E-state index contributed by atoms with van der Waals surface area (Å²) in [6, 6.07) is 0. The summed E-state index contributed by atoms with van der Waals surface area (Å²) in [5.41, 5.74) is 0.836. The fourth-order valence-electron chi connectivity index (χ4n) is 1.89. The molecule has 5 heteroatoms. The Morgan fingerprint density at radius 1 is 1.73 bits per heavy atom. The Labute approximate surface area is 96.9 Å². The van der Waals surface area contributed by atoms with Crippen molar-refractivity contribution in [1.82, 2.24) is 4.98 Å². The molecule has 0 fully saturated rings. The molecule has 1 aliphatic carbocycles. The van der Waals surface area contributed by atoms with Gasteiger partial charge in [-0.1, -0.05) is 0 Å². The molecule has 0 bridgehead atoms. The zero-order valence-corrected chi connectivity index (χ0v) is 10.2. The molecule has 1 aliphatic rings. The summed E-state index contributed by atoms with van der Waals surface area (Å²) in [5, 5.41) is 10.2. The summed E-state index contributed by atoms with van der Waals surface area (Å²) in [6.07, 6.45) is 4.76. The van der Waals surface area contributed by atoms with Crippen LogP contribution in [-0.2, 0) is 17.0 Å². The monoisotopic (exact) mass is 243 g/mol. The number of carboxylic acids is 1. The molecule has 0 radical (unpaired) electrons. The zero-order chi connectivity index (χ0) is 10.8. The standard InChI is InChI=1S/C10H13NO2S2/c1-14-5-8-11-9-6(10(12)13)3-2-4-7(9)15-8/h6H,2-5H2,1H3,(H,12,13). The Morgan fingerprint density at radius 3 is 3.20 bits per heavy atom. The van der Waals surface area contributed by atoms with Crippen LogP contribution < -0.4 is 0 Å². The summed E-state index contributed by atoms with van der Waals surface area (Å²) in [6.45, 7) is 0. The Balaban J connectivity index is 2.30. The second-order valence-electron chi connectivity index (χ2n) is 3.63. The minimum Gasteiger partial charge on any atom is -0.481 e. The molecular weight excluding hydrogens is 230 g/mol. The Bertz CT molecular complexity index is 375. The first-order valence-electron chi connectivity index (χ1n) is 4.92. The van der Waals surface area contributed by atoms with Crippen molar-refractivity contribution in [3.05, 3.63) is 15.6 Å². The number of hydrogen-bond donors (Lipinski definition) is 1. The van der Waals surface area contributed by atoms with E-state index in [9.17, 15) is 4.79 Å². The average molecular weight is 243 g/mol. The molecule has 1 unspecified atom stereocenters. The van der Waals surface area contributed by atoms with E-state index in [1.165, 1.54) is 4.88 Å². The molecule has 1 aromatic heterocycles. The average Bonchev–Trinajstić information content (AvgIpc) is 2.59. The number of fused-ring (bicyclic) bond motifs is 1. The zero-order valence-electron chi connectivity index (χ0n) is 8.52. The molecule has 82 valence electrons. The van der Waals surface area contributed by atoms with Crippen molar-refractivity contribution in [1.29, 1.82) is 0 Å². The van der Waals surface area contributed by atoms with Crippen molar-refractivity contribution in [2.75, 3.05) is 6.26 Å². The number of nitrogens with zero attached hydrogens (tertiary/aromatic N) is 1. The van der Waals surface area contributed by atoms with Gasteiger partial charge in [-0.25, -0.2) is 4.98 Å². The first-order valence-corrected chi connectivity index (χ1v) is 7.13. The van der Waals surface area contributed by atoms with E-state index in [1.807, 2.05) is 6.26 Å². The normalized spacial score (nSPS) is 19.9. The van der Waals surface area contributed by atoms with Crippen LogP contribution in [0.3, 0.4) is 0 Å². The number of thioether (sulfide) groups is 1. The molecule has 15 heavy (non-hydrogen) atoms. The maximum Gasteiger partial charge on any atom is 0.312 e. The molecule has 0 saturated carbocycles. The smallest absolute Gasteiger partial charge is 0.312 e. The van der Waals surface area contributed by atoms with Gasteiger partial charge >= 0.3 is 5.97 Å². The lowest BCUT2D eigenvalue weighted by atomic mass is 9.91. The molecule has 1 aromatic rings. The molecule has 1 atom stereocenters. The number of rotatable bonds is 3. The van der Waals surface area contributed by atoms with Gasteiger partial charge in [0.1, 0.15) is 5.01 Å². The lowest BCUT2D eigenvalue weighted by molar-refractivity contribution is -0.139. The first-order chi connectivity index (χ1) is 7.22. The minimum absolute atomic E-state index is 0.361. The summed E-state index contributed by atoms with van der Waals surface area (Å²) in [5.74, 6) is -0.193. The van der Waals surface area contributed by atoms with Gasteiger partial charge in [0, 0.05) is 10.6 Å². The van der Waals surface area contributed by atoms with Crippen LogP contribution in [0.1, 0.15) is 34.3 Å². The third kappa shape index (κ3) is 2.18. The van der Waals surface area contributed by atoms with Gasteiger partial charge < -0.3 is 5.11 Å². The highest BCUT2D eigenvalue weighted by Gasteiger charge is 2.29. The van der Waals surface area contributed by atoms with Gasteiger partial charge in [0.05, 0.1) is 11.6 Å². The van der Waals surface area contributed by atoms with E-state index in [0.29, 0.717) is 0 Å². The number of carbonyl (C=O) groups is 1. The van der Waals surface area contributed by atoms with Crippen molar-refractivity contribution in [3.8, 4) is 0 Å². The van der Waals surface area contributed by atoms with E-state index in [4.69, 9.17) is 5.11 Å². The predicted molar refractivity (Wildman–Crippen MR) is 62.6 cm³/mol. The summed E-state index contributed by atoms with van der Waals surface area (Å²) < 4.78 is 0. The number of aliphatic carboxylic acids is 1. The lowest BCUT2D eigenvalue weighted by Gasteiger charge is -2.16. The van der Waals surface area contributed by atoms with Gasteiger partial charge in [0.25, 0.3) is 0 Å². The molecule has 0 aromatic carbocycles. The van der Waals surface area contributed by atoms with Crippen molar-refractivity contribution in [2.45, 2.75) is 30.9 Å². The van der Waals surface area contributed by atoms with E-state index >= 15 is 0 Å². The van der Waals surface area contributed by atoms with Crippen LogP contribution in [0.4, 0.5) is 0 Å². The second kappa shape index (κ2) is 4.53. The fourth-order valence-corrected chi connectivity index (χ4v) is 3.76. The largest absolute Gasteiger partial charge is 0.481 e. The van der Waals surface area contributed by atoms with Crippen LogP contribution in [0.5, 0.6) is 0 Å². The predicted octanol–water partition coefficient (Wildman–Crippen LogP) is 2.51. The van der Waals surface area contributed by atoms with Gasteiger partial charge in [-0.05, 0) is 25.5 Å². The van der Waals surface area contributed by atoms with Crippen molar-refractivity contribution in [2.24, 2.45) is 0 Å². The molecule has 0 spiro atoms. The molecule has 2 rings (SSSR count). The van der Waals surface area contributed by atoms with Crippen LogP contribution >= 0.6 is 23.1 Å². The lowest BCUT2D eigenvalue weighted by Crippen LogP contribution is -2.17. The Morgan fingerprint density at radius 2 is 2.53 bits per heavy atom. The number of aromatic nitrogens is 1. The number of carboxylic acid groups (broad SMARTS) is 1. The minimum atomic E-state index is -0.725. The van der Waals surface area contributed by atoms with Gasteiger partial charge in [0.15, 0.2) is 0 Å². The highest BCUT2D eigenvalue weighted by Crippen LogP contribution is 2.35. The molecular formula is C10H13NO2S2. The maximum atomic E-state index is 11.0. The van der Waals surface area contributed by atoms with Crippen LogP contribution in [-0.4, -0.2) is 22.3 Å². The summed E-state index contributed by atoms with van der Waals surface area (Å²) in [7, 11) is 0. The van der Waals surface area contributed by atoms with Gasteiger partial charge in [-0.15, -0.1) is 11.3 Å². The van der Waals surface area contributed by atoms with Crippen molar-refractivity contribution >= 4 is 29.1 Å². The topological polar surface area (TPSA) is 50.2 Å². The van der Waals surface area contributed by atoms with Crippen LogP contribution in [0.15, 0.2) is 0 Å². The maximum absolute atomic E-state index is 11.0. The summed E-state index contributed by atoms with van der Waals surface area (Å²) >= 11 is 3.41. The van der Waals surface area contributed by atoms with E-state index < -0.39 is 5.97 Å². The molecule has 0 saturated heterocycles. The second-order valence-corrected chi connectivity index (χ2v) is 5.67. The highest BCUT2D eigenvalue weighted by atomic mass is 32.2. The SMILES string of the molecule is CSCc1nc2c(s1)CCCC2C(=O)O. The molecule has 0 amide bonds. The Hall–Kier alpha value is -0.550. The van der Waals surface area contributed by atoms with Gasteiger partial charge in [0.2, 0.25) is 0 Å². The van der Waals surface area contributed by atoms with Crippen LogP contribution in [0, 0.1) is 0 Å². The summed E-state index contributed by atoms with van der Waals surface area (Å²) in [4.78, 5) is 16.7. The quantitative estimate of drug-likeness (QED) is 0.886. The van der Waals surface area contributed by atoms with Crippen molar-refractivity contribution in [3.63, 3.8) is 0 Å².